The predicted molar refractivity (Wildman–Crippen MR) is 134 cm³/mol. The van der Waals surface area contributed by atoms with Crippen LogP contribution in [0.1, 0.15) is 89.6 Å². The van der Waals surface area contributed by atoms with Crippen molar-refractivity contribution in [3.63, 3.8) is 0 Å². The molecule has 0 saturated heterocycles. The van der Waals surface area contributed by atoms with E-state index in [9.17, 15) is 14.7 Å². The Kier molecular flexibility index (Phi) is 5.14. The Hall–Kier alpha value is -2.93. The smallest absolute Gasteiger partial charge is 0.335 e. The van der Waals surface area contributed by atoms with Gasteiger partial charge in [0.2, 0.25) is 0 Å². The van der Waals surface area contributed by atoms with Crippen molar-refractivity contribution < 1.29 is 19.4 Å². The number of amides is 1. The molecule has 5 saturated carbocycles. The zero-order chi connectivity index (χ0) is 24.4. The average Bonchev–Trinajstić information content (AvgIpc) is 3.58. The van der Waals surface area contributed by atoms with Crippen LogP contribution >= 0.6 is 0 Å². The Bertz CT molecular complexity index is 1210. The second-order valence-electron chi connectivity index (χ2n) is 12.1. The van der Waals surface area contributed by atoms with Crippen LogP contribution in [0.15, 0.2) is 36.4 Å². The largest absolute Gasteiger partial charge is 0.478 e. The van der Waals surface area contributed by atoms with Crippen LogP contribution in [0, 0.1) is 29.6 Å². The van der Waals surface area contributed by atoms with Gasteiger partial charge in [-0.1, -0.05) is 18.2 Å². The highest BCUT2D eigenvalue weighted by atomic mass is 16.5. The van der Waals surface area contributed by atoms with Gasteiger partial charge in [0.15, 0.2) is 5.69 Å². The van der Waals surface area contributed by atoms with E-state index in [2.05, 4.69) is 22.5 Å². The van der Waals surface area contributed by atoms with Crippen LogP contribution in [-0.2, 0) is 11.3 Å². The fourth-order valence-electron chi connectivity index (χ4n) is 8.35. The van der Waals surface area contributed by atoms with Gasteiger partial charge in [-0.2, -0.15) is 0 Å². The number of carboxylic acids is 1. The number of nitrogens with zero attached hydrogens (tertiary/aromatic N) is 1. The molecule has 0 radical (unpaired) electrons. The zero-order valence-electron chi connectivity index (χ0n) is 20.4. The van der Waals surface area contributed by atoms with Gasteiger partial charge in [0.25, 0.3) is 5.91 Å². The van der Waals surface area contributed by atoms with Gasteiger partial charge in [-0.25, -0.2) is 9.78 Å². The van der Waals surface area contributed by atoms with Crippen LogP contribution in [0.5, 0.6) is 0 Å². The molecular weight excluding hydrogens is 454 g/mol. The lowest BCUT2D eigenvalue weighted by molar-refractivity contribution is -0.169. The van der Waals surface area contributed by atoms with E-state index in [-0.39, 0.29) is 17.1 Å². The minimum atomic E-state index is -1.03. The number of ether oxygens (including phenoxy) is 1. The number of H-pyrrole nitrogens is 1. The Labute approximate surface area is 210 Å². The zero-order valence-corrected chi connectivity index (χ0v) is 20.4. The maximum absolute atomic E-state index is 13.4. The average molecular weight is 488 g/mol. The Morgan fingerprint density at radius 3 is 2.44 bits per heavy atom. The Morgan fingerprint density at radius 2 is 1.81 bits per heavy atom. The third-order valence-electron chi connectivity index (χ3n) is 9.51. The summed E-state index contributed by atoms with van der Waals surface area (Å²) < 4.78 is 6.71. The molecule has 7 nitrogen and oxygen atoms in total. The summed E-state index contributed by atoms with van der Waals surface area (Å²) in [5.74, 6) is 3.27. The number of imidazole rings is 1. The molecule has 6 bridgehead atoms. The minimum Gasteiger partial charge on any atom is -0.478 e. The van der Waals surface area contributed by atoms with E-state index in [1.54, 1.807) is 12.1 Å². The summed E-state index contributed by atoms with van der Waals surface area (Å²) in [6.07, 6.45) is 14.3. The van der Waals surface area contributed by atoms with Crippen LogP contribution in [0.3, 0.4) is 0 Å². The van der Waals surface area contributed by atoms with Gasteiger partial charge in [0.1, 0.15) is 5.82 Å². The summed E-state index contributed by atoms with van der Waals surface area (Å²) in [6, 6.07) is 6.32. The molecule has 6 aliphatic rings. The summed E-state index contributed by atoms with van der Waals surface area (Å²) in [5, 5.41) is 12.2. The number of carbonyl (C=O) groups excluding carboxylic acids is 1. The van der Waals surface area contributed by atoms with E-state index in [1.807, 2.05) is 0 Å². The fourth-order valence-corrected chi connectivity index (χ4v) is 8.35. The van der Waals surface area contributed by atoms with Gasteiger partial charge in [0, 0.05) is 11.6 Å². The third-order valence-corrected chi connectivity index (χ3v) is 9.51. The number of aromatic amines is 1. The highest BCUT2D eigenvalue weighted by molar-refractivity contribution is 6.04. The lowest BCUT2D eigenvalue weighted by Crippen LogP contribution is -2.51. The van der Waals surface area contributed by atoms with Gasteiger partial charge in [-0.05, 0) is 99.2 Å². The number of anilines is 1. The van der Waals surface area contributed by atoms with Crippen molar-refractivity contribution in [1.82, 2.24) is 9.97 Å². The molecule has 7 heteroatoms. The van der Waals surface area contributed by atoms with Gasteiger partial charge >= 0.3 is 5.97 Å². The molecule has 1 unspecified atom stereocenters. The van der Waals surface area contributed by atoms with Gasteiger partial charge in [0.05, 0.1) is 23.5 Å². The van der Waals surface area contributed by atoms with Crippen LogP contribution in [0.2, 0.25) is 0 Å². The van der Waals surface area contributed by atoms with E-state index < -0.39 is 5.97 Å². The Morgan fingerprint density at radius 1 is 1.06 bits per heavy atom. The monoisotopic (exact) mass is 487 g/mol. The number of carboxylic acid groups (broad SMARTS) is 1. The van der Waals surface area contributed by atoms with E-state index in [4.69, 9.17) is 9.72 Å². The van der Waals surface area contributed by atoms with Crippen LogP contribution in [-0.4, -0.2) is 32.6 Å². The van der Waals surface area contributed by atoms with Crippen LogP contribution < -0.4 is 5.32 Å². The first-order valence-electron chi connectivity index (χ1n) is 13.5. The first kappa shape index (κ1) is 22.3. The Balaban J connectivity index is 1.15. The molecule has 3 N–H and O–H groups in total. The predicted octanol–water partition coefficient (Wildman–Crippen LogP) is 5.53. The summed E-state index contributed by atoms with van der Waals surface area (Å²) >= 11 is 0. The lowest BCUT2D eigenvalue weighted by atomic mass is 9.54. The number of allylic oxidation sites excluding steroid dienone is 2. The highest BCUT2D eigenvalue weighted by Gasteiger charge is 2.52. The normalized spacial score (nSPS) is 35.4. The molecule has 0 spiro atoms. The molecule has 6 aliphatic carbocycles. The van der Waals surface area contributed by atoms with Crippen molar-refractivity contribution in [1.29, 1.82) is 0 Å². The first-order chi connectivity index (χ1) is 17.4. The summed E-state index contributed by atoms with van der Waals surface area (Å²) in [6.45, 7) is 0.355. The molecule has 1 aromatic heterocycles. The SMILES string of the molecule is O=C(O)c1cccc(NC(=O)c2nc([C@@H]3CC4C=C[C@@H]3C4)[nH]c2COC23CC4CC(CC(C4)C2)C3)c1. The summed E-state index contributed by atoms with van der Waals surface area (Å²) in [5.41, 5.74) is 1.62. The molecule has 1 heterocycles. The number of aromatic carboxylic acids is 1. The lowest BCUT2D eigenvalue weighted by Gasteiger charge is -2.56. The molecule has 3 atom stereocenters. The van der Waals surface area contributed by atoms with Crippen molar-refractivity contribution in [2.75, 3.05) is 5.32 Å². The van der Waals surface area contributed by atoms with Gasteiger partial charge < -0.3 is 20.1 Å². The third kappa shape index (κ3) is 3.88. The van der Waals surface area contributed by atoms with E-state index >= 15 is 0 Å². The number of benzene rings is 1. The second-order valence-corrected chi connectivity index (χ2v) is 12.1. The molecular formula is C29H33N3O4. The molecule has 1 amide bonds. The minimum absolute atomic E-state index is 0.0568. The number of hydrogen-bond donors (Lipinski definition) is 3. The maximum atomic E-state index is 13.4. The molecule has 2 aromatic rings. The molecule has 1 aromatic carbocycles. The summed E-state index contributed by atoms with van der Waals surface area (Å²) in [4.78, 5) is 33.1. The first-order valence-corrected chi connectivity index (χ1v) is 13.5. The van der Waals surface area contributed by atoms with E-state index in [0.29, 0.717) is 35.7 Å². The second kappa shape index (κ2) is 8.30. The van der Waals surface area contributed by atoms with Crippen LogP contribution in [0.4, 0.5) is 5.69 Å². The van der Waals surface area contributed by atoms with Crippen molar-refractivity contribution in [3.05, 3.63) is 59.2 Å². The molecule has 8 rings (SSSR count). The fraction of sp³-hybridized carbons (Fsp3) is 0.552. The standard InChI is InChI=1S/C29H33N3O4/c33-27(30-22-3-1-2-21(11-22)28(34)35)25-24(31-26(32-25)23-10-16-4-5-20(23)9-16)15-36-29-12-17-6-18(13-29)8-19(7-17)14-29/h1-5,11,16-20,23H,6-10,12-15H2,(H,30,33)(H,31,32)(H,34,35)/t16?,17?,18?,19?,20-,23-,29?/m1/s1. The molecule has 188 valence electrons. The number of hydrogen-bond acceptors (Lipinski definition) is 4. The molecule has 36 heavy (non-hydrogen) atoms. The quantitative estimate of drug-likeness (QED) is 0.446. The van der Waals surface area contributed by atoms with Crippen molar-refractivity contribution >= 4 is 17.6 Å². The number of aromatic nitrogens is 2. The van der Waals surface area contributed by atoms with Gasteiger partial charge in [-0.15, -0.1) is 0 Å². The number of rotatable bonds is 7. The molecule has 0 aliphatic heterocycles. The topological polar surface area (TPSA) is 104 Å². The maximum Gasteiger partial charge on any atom is 0.335 e. The number of fused-ring (bicyclic) bond motifs is 2. The number of carbonyl (C=O) groups is 2. The van der Waals surface area contributed by atoms with E-state index in [1.165, 1.54) is 31.4 Å². The summed E-state index contributed by atoms with van der Waals surface area (Å²) in [7, 11) is 0. The molecule has 5 fully saturated rings. The van der Waals surface area contributed by atoms with Gasteiger partial charge in [-0.3, -0.25) is 4.79 Å². The number of nitrogens with one attached hydrogen (secondary N) is 2. The van der Waals surface area contributed by atoms with Crippen LogP contribution in [0.25, 0.3) is 0 Å². The van der Waals surface area contributed by atoms with E-state index in [0.717, 1.165) is 61.4 Å². The highest BCUT2D eigenvalue weighted by Crippen LogP contribution is 2.57. The van der Waals surface area contributed by atoms with Crippen molar-refractivity contribution in [2.24, 2.45) is 29.6 Å². The van der Waals surface area contributed by atoms with Crippen molar-refractivity contribution in [2.45, 2.75) is 69.5 Å². The van der Waals surface area contributed by atoms with Crippen molar-refractivity contribution in [3.8, 4) is 0 Å².